The van der Waals surface area contributed by atoms with E-state index in [1.165, 1.54) is 11.3 Å². The molecule has 1 aromatic carbocycles. The van der Waals surface area contributed by atoms with Crippen molar-refractivity contribution in [3.05, 3.63) is 77.4 Å². The minimum absolute atomic E-state index is 0.378. The number of amides is 1. The van der Waals surface area contributed by atoms with Gasteiger partial charge in [-0.1, -0.05) is 49.7 Å². The van der Waals surface area contributed by atoms with Gasteiger partial charge in [0.2, 0.25) is 0 Å². The van der Waals surface area contributed by atoms with E-state index in [1.54, 1.807) is 6.20 Å². The molecule has 0 unspecified atom stereocenters. The van der Waals surface area contributed by atoms with E-state index in [-0.39, 0.29) is 5.91 Å². The van der Waals surface area contributed by atoms with Gasteiger partial charge in [-0.05, 0) is 31.4 Å². The number of nitrogens with zero attached hydrogens (tertiary/aromatic N) is 2. The first-order valence-corrected chi connectivity index (χ1v) is 9.09. The molecule has 0 bridgehead atoms. The van der Waals surface area contributed by atoms with Crippen LogP contribution in [0.2, 0.25) is 0 Å². The van der Waals surface area contributed by atoms with Crippen molar-refractivity contribution < 1.29 is 4.79 Å². The molecule has 3 rings (SSSR count). The number of aryl methyl sites for hydroxylation is 1. The van der Waals surface area contributed by atoms with Crippen LogP contribution in [0.15, 0.2) is 54.9 Å². The number of hydrogen-bond donors (Lipinski definition) is 1. The Bertz CT molecular complexity index is 883. The minimum Gasteiger partial charge on any atom is -0.366 e. The van der Waals surface area contributed by atoms with Crippen LogP contribution < -0.4 is 5.73 Å². The first kappa shape index (κ1) is 17.9. The molecule has 0 radical (unpaired) electrons. The van der Waals surface area contributed by atoms with Gasteiger partial charge >= 0.3 is 0 Å². The summed E-state index contributed by atoms with van der Waals surface area (Å²) in [5.74, 6) is -0.378. The highest BCUT2D eigenvalue weighted by Gasteiger charge is 2.24. The highest BCUT2D eigenvalue weighted by atomic mass is 16.1. The molecule has 2 N–H and O–H groups in total. The van der Waals surface area contributed by atoms with E-state index in [0.29, 0.717) is 5.56 Å². The van der Waals surface area contributed by atoms with Crippen molar-refractivity contribution in [3.8, 4) is 11.1 Å². The summed E-state index contributed by atoms with van der Waals surface area (Å²) in [5.41, 5.74) is 11.7. The van der Waals surface area contributed by atoms with Gasteiger partial charge in [-0.2, -0.15) is 0 Å². The fraction of sp³-hybridized carbons (Fsp3) is 0.273. The van der Waals surface area contributed by atoms with Crippen LogP contribution in [0.1, 0.15) is 40.7 Å². The van der Waals surface area contributed by atoms with Crippen molar-refractivity contribution in [2.24, 2.45) is 5.73 Å². The first-order chi connectivity index (χ1) is 12.6. The second-order valence-electron chi connectivity index (χ2n) is 6.53. The number of carbonyl (C=O) groups excluding carboxylic acids is 1. The van der Waals surface area contributed by atoms with E-state index >= 15 is 0 Å². The van der Waals surface area contributed by atoms with Crippen molar-refractivity contribution in [2.75, 3.05) is 0 Å². The van der Waals surface area contributed by atoms with E-state index in [0.717, 1.165) is 42.6 Å². The molecule has 1 amide bonds. The molecule has 3 aromatic rings. The van der Waals surface area contributed by atoms with Crippen molar-refractivity contribution in [2.45, 2.75) is 39.7 Å². The molecule has 134 valence electrons. The zero-order valence-corrected chi connectivity index (χ0v) is 15.4. The van der Waals surface area contributed by atoms with Gasteiger partial charge in [0.15, 0.2) is 0 Å². The number of aromatic nitrogens is 2. The van der Waals surface area contributed by atoms with Crippen molar-refractivity contribution in [1.29, 1.82) is 0 Å². The Hall–Kier alpha value is -2.88. The molecule has 0 fully saturated rings. The van der Waals surface area contributed by atoms with Crippen LogP contribution in [0.25, 0.3) is 11.1 Å². The van der Waals surface area contributed by atoms with Gasteiger partial charge in [0.05, 0.1) is 5.56 Å². The largest absolute Gasteiger partial charge is 0.366 e. The van der Waals surface area contributed by atoms with E-state index < -0.39 is 0 Å². The third-order valence-electron chi connectivity index (χ3n) is 4.78. The SMILES string of the molecule is CCCc1c(-c2cccnc2)c(C(N)=O)c(C)n1CCc1ccccc1. The first-order valence-electron chi connectivity index (χ1n) is 9.09. The minimum atomic E-state index is -0.378. The average molecular weight is 347 g/mol. The highest BCUT2D eigenvalue weighted by molar-refractivity contribution is 6.02. The Labute approximate surface area is 154 Å². The fourth-order valence-electron chi connectivity index (χ4n) is 3.61. The molecule has 2 aromatic heterocycles. The summed E-state index contributed by atoms with van der Waals surface area (Å²) in [4.78, 5) is 16.5. The summed E-state index contributed by atoms with van der Waals surface area (Å²) in [6.45, 7) is 4.97. The second-order valence-corrected chi connectivity index (χ2v) is 6.53. The highest BCUT2D eigenvalue weighted by Crippen LogP contribution is 2.33. The zero-order valence-electron chi connectivity index (χ0n) is 15.4. The van der Waals surface area contributed by atoms with Crippen LogP contribution in [-0.4, -0.2) is 15.5 Å². The summed E-state index contributed by atoms with van der Waals surface area (Å²) < 4.78 is 2.26. The summed E-state index contributed by atoms with van der Waals surface area (Å²) in [6.07, 6.45) is 6.36. The fourth-order valence-corrected chi connectivity index (χ4v) is 3.61. The van der Waals surface area contributed by atoms with Crippen molar-refractivity contribution in [3.63, 3.8) is 0 Å². The number of primary amides is 1. The average Bonchev–Trinajstić information content (AvgIpc) is 2.94. The molecule has 0 aliphatic rings. The maximum atomic E-state index is 12.2. The second kappa shape index (κ2) is 8.00. The predicted molar refractivity (Wildman–Crippen MR) is 105 cm³/mol. The van der Waals surface area contributed by atoms with Gasteiger partial charge in [0, 0.05) is 41.5 Å². The van der Waals surface area contributed by atoms with Crippen molar-refractivity contribution in [1.82, 2.24) is 9.55 Å². The number of pyridine rings is 1. The van der Waals surface area contributed by atoms with E-state index in [1.807, 2.05) is 31.3 Å². The monoisotopic (exact) mass is 347 g/mol. The van der Waals surface area contributed by atoms with Crippen LogP contribution in [0, 0.1) is 6.92 Å². The molecule has 0 saturated heterocycles. The standard InChI is InChI=1S/C22H25N3O/c1-3-8-19-21(18-11-7-13-24-15-18)20(22(23)26)16(2)25(19)14-12-17-9-5-4-6-10-17/h4-7,9-11,13,15H,3,8,12,14H2,1-2H3,(H2,23,26). The maximum Gasteiger partial charge on any atom is 0.251 e. The molecule has 0 atom stereocenters. The van der Waals surface area contributed by atoms with Crippen LogP contribution in [0.4, 0.5) is 0 Å². The number of carbonyl (C=O) groups is 1. The lowest BCUT2D eigenvalue weighted by Gasteiger charge is -2.13. The molecule has 0 aliphatic carbocycles. The Morgan fingerprint density at radius 1 is 1.12 bits per heavy atom. The van der Waals surface area contributed by atoms with Gasteiger partial charge in [0.25, 0.3) is 5.91 Å². The molecule has 4 heteroatoms. The summed E-state index contributed by atoms with van der Waals surface area (Å²) in [6, 6.07) is 14.3. The molecule has 26 heavy (non-hydrogen) atoms. The maximum absolute atomic E-state index is 12.2. The van der Waals surface area contributed by atoms with Crippen molar-refractivity contribution >= 4 is 5.91 Å². The van der Waals surface area contributed by atoms with Gasteiger partial charge < -0.3 is 10.3 Å². The smallest absolute Gasteiger partial charge is 0.251 e. The number of rotatable bonds is 7. The van der Waals surface area contributed by atoms with Gasteiger partial charge in [-0.25, -0.2) is 0 Å². The Balaban J connectivity index is 2.10. The molecular weight excluding hydrogens is 322 g/mol. The molecule has 0 saturated carbocycles. The third-order valence-corrected chi connectivity index (χ3v) is 4.78. The third kappa shape index (κ3) is 3.54. The van der Waals surface area contributed by atoms with E-state index in [2.05, 4.69) is 40.7 Å². The van der Waals surface area contributed by atoms with Crippen LogP contribution >= 0.6 is 0 Å². The quantitative estimate of drug-likeness (QED) is 0.698. The normalized spacial score (nSPS) is 10.8. The van der Waals surface area contributed by atoms with Crippen LogP contribution in [0.3, 0.4) is 0 Å². The molecule has 0 spiro atoms. The van der Waals surface area contributed by atoms with E-state index in [9.17, 15) is 4.79 Å². The van der Waals surface area contributed by atoms with E-state index in [4.69, 9.17) is 5.73 Å². The lowest BCUT2D eigenvalue weighted by atomic mass is 9.99. The number of nitrogens with two attached hydrogens (primary N) is 1. The Morgan fingerprint density at radius 2 is 1.88 bits per heavy atom. The lowest BCUT2D eigenvalue weighted by molar-refractivity contribution is 0.1000. The molecule has 2 heterocycles. The lowest BCUT2D eigenvalue weighted by Crippen LogP contribution is -2.14. The zero-order chi connectivity index (χ0) is 18.5. The van der Waals surface area contributed by atoms with Gasteiger partial charge in [-0.15, -0.1) is 0 Å². The summed E-state index contributed by atoms with van der Waals surface area (Å²) in [5, 5.41) is 0. The molecule has 4 nitrogen and oxygen atoms in total. The summed E-state index contributed by atoms with van der Waals surface area (Å²) >= 11 is 0. The Morgan fingerprint density at radius 3 is 2.50 bits per heavy atom. The number of benzene rings is 1. The Kier molecular flexibility index (Phi) is 5.52. The molecular formula is C22H25N3O. The van der Waals surface area contributed by atoms with Gasteiger partial charge in [-0.3, -0.25) is 9.78 Å². The molecule has 0 aliphatic heterocycles. The number of hydrogen-bond acceptors (Lipinski definition) is 2. The predicted octanol–water partition coefficient (Wildman–Crippen LogP) is 4.15. The van der Waals surface area contributed by atoms with Crippen LogP contribution in [0.5, 0.6) is 0 Å². The van der Waals surface area contributed by atoms with Gasteiger partial charge in [0.1, 0.15) is 0 Å². The van der Waals surface area contributed by atoms with Crippen LogP contribution in [-0.2, 0) is 19.4 Å². The summed E-state index contributed by atoms with van der Waals surface area (Å²) in [7, 11) is 0. The topological polar surface area (TPSA) is 60.9 Å².